The van der Waals surface area contributed by atoms with Gasteiger partial charge in [0.15, 0.2) is 5.78 Å². The summed E-state index contributed by atoms with van der Waals surface area (Å²) in [7, 11) is 2.52. The first-order valence-corrected chi connectivity index (χ1v) is 8.36. The molecule has 1 aromatic rings. The smallest absolute Gasteiger partial charge is 0.175 e. The molecule has 0 N–H and O–H groups in total. The lowest BCUT2D eigenvalue weighted by Crippen LogP contribution is -2.27. The van der Waals surface area contributed by atoms with Crippen LogP contribution in [-0.2, 0) is 15.6 Å². The molecule has 3 nitrogen and oxygen atoms in total. The van der Waals surface area contributed by atoms with Gasteiger partial charge >= 0.3 is 0 Å². The quantitative estimate of drug-likeness (QED) is 0.861. The van der Waals surface area contributed by atoms with Gasteiger partial charge in [-0.3, -0.25) is 9.00 Å². The molecule has 0 saturated carbocycles. The predicted molar refractivity (Wildman–Crippen MR) is 88.1 cm³/mol. The van der Waals surface area contributed by atoms with Gasteiger partial charge in [0.05, 0.1) is 21.4 Å². The van der Waals surface area contributed by atoms with Crippen molar-refractivity contribution in [2.45, 2.75) is 37.3 Å². The molecule has 2 rings (SSSR count). The maximum Gasteiger partial charge on any atom is 0.175 e. The molecule has 0 bridgehead atoms. The van der Waals surface area contributed by atoms with E-state index in [1.165, 1.54) is 0 Å². The van der Waals surface area contributed by atoms with Crippen LogP contribution in [-0.4, -0.2) is 29.3 Å². The Labute approximate surface area is 129 Å². The minimum atomic E-state index is -1.32. The van der Waals surface area contributed by atoms with Crippen LogP contribution in [0.15, 0.2) is 40.8 Å². The van der Waals surface area contributed by atoms with E-state index in [1.807, 2.05) is 70.1 Å². The number of hydrogen-bond donors (Lipinski definition) is 0. The van der Waals surface area contributed by atoms with Gasteiger partial charge in [0.2, 0.25) is 0 Å². The molecule has 2 atom stereocenters. The van der Waals surface area contributed by atoms with Gasteiger partial charge in [0.25, 0.3) is 0 Å². The summed E-state index contributed by atoms with van der Waals surface area (Å²) >= 11 is 0. The fourth-order valence-electron chi connectivity index (χ4n) is 2.62. The number of benzene rings is 1. The van der Waals surface area contributed by atoms with Gasteiger partial charge in [-0.05, 0) is 29.5 Å². The van der Waals surface area contributed by atoms with E-state index in [4.69, 9.17) is 0 Å². The summed E-state index contributed by atoms with van der Waals surface area (Å²) < 4.78 is 12.9. The SMILES string of the molecule is CN(C)c1ccccc1S(=O)[C@H]1CC=C(C(C)(C)C)C1=O. The van der Waals surface area contributed by atoms with Crippen LogP contribution in [0.25, 0.3) is 0 Å². The molecule has 0 amide bonds. The summed E-state index contributed by atoms with van der Waals surface area (Å²) in [5.41, 5.74) is 1.54. The number of anilines is 1. The maximum atomic E-state index is 12.9. The molecule has 114 valence electrons. The fraction of sp³-hybridized carbons (Fsp3) is 0.471. The minimum Gasteiger partial charge on any atom is -0.377 e. The van der Waals surface area contributed by atoms with Crippen LogP contribution in [0.1, 0.15) is 27.2 Å². The highest BCUT2D eigenvalue weighted by atomic mass is 32.2. The van der Waals surface area contributed by atoms with Crippen LogP contribution in [0.2, 0.25) is 0 Å². The van der Waals surface area contributed by atoms with Crippen LogP contribution in [0.4, 0.5) is 5.69 Å². The summed E-state index contributed by atoms with van der Waals surface area (Å²) in [4.78, 5) is 15.2. The molecular formula is C17H23NO2S. The molecule has 0 saturated heterocycles. The van der Waals surface area contributed by atoms with Gasteiger partial charge in [0, 0.05) is 14.1 Å². The average molecular weight is 305 g/mol. The normalized spacial score (nSPS) is 20.3. The highest BCUT2D eigenvalue weighted by Gasteiger charge is 2.38. The summed E-state index contributed by atoms with van der Waals surface area (Å²) in [6, 6.07) is 7.58. The van der Waals surface area contributed by atoms with E-state index in [-0.39, 0.29) is 11.2 Å². The van der Waals surface area contributed by atoms with E-state index in [1.54, 1.807) is 0 Å². The molecule has 0 heterocycles. The van der Waals surface area contributed by atoms with Crippen molar-refractivity contribution in [3.05, 3.63) is 35.9 Å². The number of nitrogens with zero attached hydrogens (tertiary/aromatic N) is 1. The molecule has 0 aliphatic heterocycles. The largest absolute Gasteiger partial charge is 0.377 e. The van der Waals surface area contributed by atoms with Crippen molar-refractivity contribution in [3.8, 4) is 0 Å². The van der Waals surface area contributed by atoms with E-state index < -0.39 is 16.0 Å². The lowest BCUT2D eigenvalue weighted by Gasteiger charge is -2.21. The van der Waals surface area contributed by atoms with Crippen molar-refractivity contribution in [1.29, 1.82) is 0 Å². The average Bonchev–Trinajstić information content (AvgIpc) is 2.79. The van der Waals surface area contributed by atoms with E-state index in [9.17, 15) is 9.00 Å². The highest BCUT2D eigenvalue weighted by molar-refractivity contribution is 7.86. The Kier molecular flexibility index (Phi) is 4.38. The van der Waals surface area contributed by atoms with Crippen LogP contribution in [0.5, 0.6) is 0 Å². The second kappa shape index (κ2) is 5.76. The molecule has 21 heavy (non-hydrogen) atoms. The van der Waals surface area contributed by atoms with Gasteiger partial charge in [-0.1, -0.05) is 39.0 Å². The number of allylic oxidation sites excluding steroid dienone is 2. The third-order valence-corrected chi connectivity index (χ3v) is 5.43. The Morgan fingerprint density at radius 1 is 1.19 bits per heavy atom. The Morgan fingerprint density at radius 2 is 1.81 bits per heavy atom. The molecule has 0 aromatic heterocycles. The van der Waals surface area contributed by atoms with Crippen LogP contribution in [0.3, 0.4) is 0 Å². The zero-order valence-corrected chi connectivity index (χ0v) is 14.2. The number of carbonyl (C=O) groups is 1. The minimum absolute atomic E-state index is 0.0365. The third-order valence-electron chi connectivity index (χ3n) is 3.72. The first-order valence-electron chi connectivity index (χ1n) is 7.15. The van der Waals surface area contributed by atoms with Crippen molar-refractivity contribution in [2.24, 2.45) is 5.41 Å². The second-order valence-electron chi connectivity index (χ2n) is 6.62. The van der Waals surface area contributed by atoms with Crippen molar-refractivity contribution in [2.75, 3.05) is 19.0 Å². The van der Waals surface area contributed by atoms with Crippen LogP contribution < -0.4 is 4.90 Å². The predicted octanol–water partition coefficient (Wildman–Crippen LogP) is 3.17. The van der Waals surface area contributed by atoms with Gasteiger partial charge in [-0.15, -0.1) is 0 Å². The monoisotopic (exact) mass is 305 g/mol. The van der Waals surface area contributed by atoms with Crippen molar-refractivity contribution in [1.82, 2.24) is 0 Å². The van der Waals surface area contributed by atoms with Crippen molar-refractivity contribution in [3.63, 3.8) is 0 Å². The zero-order valence-electron chi connectivity index (χ0n) is 13.3. The first kappa shape index (κ1) is 16.0. The Morgan fingerprint density at radius 3 is 2.33 bits per heavy atom. The van der Waals surface area contributed by atoms with Crippen molar-refractivity contribution < 1.29 is 9.00 Å². The number of hydrogen-bond acceptors (Lipinski definition) is 3. The molecule has 1 unspecified atom stereocenters. The third kappa shape index (κ3) is 3.10. The summed E-state index contributed by atoms with van der Waals surface area (Å²) in [6.45, 7) is 6.07. The molecule has 1 aliphatic carbocycles. The number of rotatable bonds is 3. The second-order valence-corrected chi connectivity index (χ2v) is 8.22. The zero-order chi connectivity index (χ0) is 15.8. The number of para-hydroxylation sites is 1. The standard InChI is InChI=1S/C17H23NO2S/c1-17(2,3)12-10-11-15(16(12)19)21(20)14-9-7-6-8-13(14)18(4)5/h6-10,15H,11H2,1-5H3/t15-,21?/m0/s1. The van der Waals surface area contributed by atoms with Crippen LogP contribution >= 0.6 is 0 Å². The van der Waals surface area contributed by atoms with Crippen molar-refractivity contribution >= 4 is 22.3 Å². The summed E-state index contributed by atoms with van der Waals surface area (Å²) in [6.07, 6.45) is 2.53. The van der Waals surface area contributed by atoms with Crippen LogP contribution in [0, 0.1) is 5.41 Å². The van der Waals surface area contributed by atoms with Gasteiger partial charge < -0.3 is 4.90 Å². The fourth-order valence-corrected chi connectivity index (χ4v) is 4.18. The number of carbonyl (C=O) groups excluding carboxylic acids is 1. The van der Waals surface area contributed by atoms with Gasteiger partial charge in [-0.2, -0.15) is 0 Å². The van der Waals surface area contributed by atoms with E-state index >= 15 is 0 Å². The summed E-state index contributed by atoms with van der Waals surface area (Å²) in [5.74, 6) is 0.0365. The Hall–Kier alpha value is -1.42. The number of ketones is 1. The Bertz CT molecular complexity index is 611. The number of Topliss-reactive ketones (excluding diaryl/α,β-unsaturated/α-hetero) is 1. The molecule has 4 heteroatoms. The molecule has 0 radical (unpaired) electrons. The van der Waals surface area contributed by atoms with E-state index in [0.717, 1.165) is 16.2 Å². The highest BCUT2D eigenvalue weighted by Crippen LogP contribution is 2.36. The molecule has 1 aliphatic rings. The molecule has 1 aromatic carbocycles. The lowest BCUT2D eigenvalue weighted by molar-refractivity contribution is -0.115. The molecular weight excluding hydrogens is 282 g/mol. The summed E-state index contributed by atoms with van der Waals surface area (Å²) in [5, 5.41) is -0.444. The van der Waals surface area contributed by atoms with Gasteiger partial charge in [-0.25, -0.2) is 0 Å². The van der Waals surface area contributed by atoms with E-state index in [0.29, 0.717) is 6.42 Å². The molecule has 0 fully saturated rings. The maximum absolute atomic E-state index is 12.9. The lowest BCUT2D eigenvalue weighted by atomic mass is 9.85. The van der Waals surface area contributed by atoms with Gasteiger partial charge in [0.1, 0.15) is 5.25 Å². The van der Waals surface area contributed by atoms with E-state index in [2.05, 4.69) is 0 Å². The molecule has 0 spiro atoms. The topological polar surface area (TPSA) is 37.4 Å². The Balaban J connectivity index is 2.30. The first-order chi connectivity index (χ1) is 9.73.